The summed E-state index contributed by atoms with van der Waals surface area (Å²) in [5.74, 6) is -2.58. The van der Waals surface area contributed by atoms with Gasteiger partial charge in [-0.3, -0.25) is 14.2 Å². The lowest BCUT2D eigenvalue weighted by molar-refractivity contribution is -0.115. The second-order valence-corrected chi connectivity index (χ2v) is 8.67. The first kappa shape index (κ1) is 22.6. The molecule has 0 aliphatic heterocycles. The van der Waals surface area contributed by atoms with Gasteiger partial charge in [-0.2, -0.15) is 0 Å². The van der Waals surface area contributed by atoms with E-state index < -0.39 is 34.2 Å². The van der Waals surface area contributed by atoms with Crippen LogP contribution in [0, 0.1) is 24.4 Å². The number of amides is 1. The van der Waals surface area contributed by atoms with Gasteiger partial charge in [-0.05, 0) is 55.8 Å². The Morgan fingerprint density at radius 1 is 1.03 bits per heavy atom. The molecule has 0 saturated carbocycles. The van der Waals surface area contributed by atoms with Crippen molar-refractivity contribution in [3.05, 3.63) is 94.0 Å². The predicted octanol–water partition coefficient (Wildman–Crippen LogP) is 5.23. The molecule has 0 bridgehead atoms. The van der Waals surface area contributed by atoms with Crippen LogP contribution in [0.1, 0.15) is 12.5 Å². The number of rotatable bonds is 5. The van der Waals surface area contributed by atoms with E-state index in [-0.39, 0.29) is 16.5 Å². The number of para-hydroxylation sites is 1. The molecule has 3 aromatic carbocycles. The summed E-state index contributed by atoms with van der Waals surface area (Å²) < 4.78 is 42.9. The van der Waals surface area contributed by atoms with Crippen LogP contribution in [-0.4, -0.2) is 20.7 Å². The van der Waals surface area contributed by atoms with Crippen LogP contribution in [0.15, 0.2) is 70.6 Å². The van der Waals surface area contributed by atoms with Gasteiger partial charge in [0.2, 0.25) is 5.91 Å². The van der Waals surface area contributed by atoms with Gasteiger partial charge in [0.25, 0.3) is 5.56 Å². The van der Waals surface area contributed by atoms with Gasteiger partial charge in [-0.15, -0.1) is 0 Å². The van der Waals surface area contributed by atoms with Gasteiger partial charge in [-0.1, -0.05) is 30.0 Å². The minimum Gasteiger partial charge on any atom is -0.323 e. The number of aryl methyl sites for hydroxylation is 1. The van der Waals surface area contributed by atoms with Crippen molar-refractivity contribution in [3.8, 4) is 5.69 Å². The standard InChI is InChI=1S/C24H18F3N3O2S/c1-13-7-9-16(12-19(13)27)30-23(32)17-5-3-4-6-20(17)29-24(30)33-14(2)22(31)28-21-11-15(25)8-10-18(21)26/h3-12,14H,1-2H3,(H,28,31). The van der Waals surface area contributed by atoms with E-state index in [0.29, 0.717) is 16.5 Å². The number of fused-ring (bicyclic) bond motifs is 1. The highest BCUT2D eigenvalue weighted by Gasteiger charge is 2.22. The second-order valence-electron chi connectivity index (χ2n) is 7.36. The van der Waals surface area contributed by atoms with Gasteiger partial charge in [0, 0.05) is 6.07 Å². The largest absolute Gasteiger partial charge is 0.323 e. The molecule has 1 unspecified atom stereocenters. The van der Waals surface area contributed by atoms with Crippen LogP contribution in [0.5, 0.6) is 0 Å². The maximum absolute atomic E-state index is 14.3. The van der Waals surface area contributed by atoms with E-state index in [2.05, 4.69) is 10.3 Å². The Morgan fingerprint density at radius 3 is 2.55 bits per heavy atom. The molecule has 1 heterocycles. The highest BCUT2D eigenvalue weighted by Crippen LogP contribution is 2.27. The Hall–Kier alpha value is -3.59. The number of thioether (sulfide) groups is 1. The topological polar surface area (TPSA) is 64.0 Å². The summed E-state index contributed by atoms with van der Waals surface area (Å²) in [6.07, 6.45) is 0. The van der Waals surface area contributed by atoms with Crippen molar-refractivity contribution in [2.24, 2.45) is 0 Å². The number of hydrogen-bond donors (Lipinski definition) is 1. The molecular formula is C24H18F3N3O2S. The fourth-order valence-corrected chi connectivity index (χ4v) is 4.11. The first-order chi connectivity index (χ1) is 15.7. The van der Waals surface area contributed by atoms with E-state index in [0.717, 1.165) is 30.0 Å². The molecule has 1 amide bonds. The summed E-state index contributed by atoms with van der Waals surface area (Å²) in [6, 6.07) is 13.8. The number of benzene rings is 3. The fraction of sp³-hybridized carbons (Fsp3) is 0.125. The van der Waals surface area contributed by atoms with Crippen LogP contribution in [-0.2, 0) is 4.79 Å². The number of anilines is 1. The lowest BCUT2D eigenvalue weighted by Crippen LogP contribution is -2.26. The molecule has 168 valence electrons. The molecule has 0 spiro atoms. The Bertz CT molecular complexity index is 1440. The van der Waals surface area contributed by atoms with Crippen molar-refractivity contribution in [1.29, 1.82) is 0 Å². The highest BCUT2D eigenvalue weighted by molar-refractivity contribution is 8.00. The lowest BCUT2D eigenvalue weighted by Gasteiger charge is -2.17. The third-order valence-electron chi connectivity index (χ3n) is 5.00. The van der Waals surface area contributed by atoms with Crippen LogP contribution in [0.2, 0.25) is 0 Å². The molecule has 1 aromatic heterocycles. The molecule has 4 aromatic rings. The molecule has 0 radical (unpaired) electrons. The third-order valence-corrected chi connectivity index (χ3v) is 6.05. The Kier molecular flexibility index (Phi) is 6.24. The van der Waals surface area contributed by atoms with E-state index in [1.165, 1.54) is 10.6 Å². The average Bonchev–Trinajstić information content (AvgIpc) is 2.78. The van der Waals surface area contributed by atoms with Crippen LogP contribution < -0.4 is 10.9 Å². The van der Waals surface area contributed by atoms with Crippen molar-refractivity contribution >= 4 is 34.3 Å². The fourth-order valence-electron chi connectivity index (χ4n) is 3.18. The summed E-state index contributed by atoms with van der Waals surface area (Å²) in [5.41, 5.74) is 0.372. The van der Waals surface area contributed by atoms with E-state index in [4.69, 9.17) is 0 Å². The van der Waals surface area contributed by atoms with Crippen molar-refractivity contribution < 1.29 is 18.0 Å². The quantitative estimate of drug-likeness (QED) is 0.321. The molecule has 5 nitrogen and oxygen atoms in total. The predicted molar refractivity (Wildman–Crippen MR) is 122 cm³/mol. The molecule has 0 saturated heterocycles. The molecule has 1 atom stereocenters. The van der Waals surface area contributed by atoms with E-state index in [1.807, 2.05) is 0 Å². The average molecular weight is 469 g/mol. The summed E-state index contributed by atoms with van der Waals surface area (Å²) in [7, 11) is 0. The monoisotopic (exact) mass is 469 g/mol. The van der Waals surface area contributed by atoms with Gasteiger partial charge in [0.15, 0.2) is 5.16 Å². The summed E-state index contributed by atoms with van der Waals surface area (Å²) in [6.45, 7) is 3.15. The first-order valence-electron chi connectivity index (χ1n) is 9.95. The van der Waals surface area contributed by atoms with Gasteiger partial charge >= 0.3 is 0 Å². The molecule has 0 fully saturated rings. The summed E-state index contributed by atoms with van der Waals surface area (Å²) in [4.78, 5) is 30.5. The molecule has 33 heavy (non-hydrogen) atoms. The van der Waals surface area contributed by atoms with Gasteiger partial charge in [-0.25, -0.2) is 18.2 Å². The maximum Gasteiger partial charge on any atom is 0.266 e. The molecule has 0 aliphatic carbocycles. The van der Waals surface area contributed by atoms with E-state index in [1.54, 1.807) is 50.2 Å². The molecular weight excluding hydrogens is 451 g/mol. The van der Waals surface area contributed by atoms with Crippen molar-refractivity contribution in [3.63, 3.8) is 0 Å². The first-order valence-corrected chi connectivity index (χ1v) is 10.8. The minimum absolute atomic E-state index is 0.157. The van der Waals surface area contributed by atoms with Crippen molar-refractivity contribution in [1.82, 2.24) is 9.55 Å². The SMILES string of the molecule is Cc1ccc(-n2c(SC(C)C(=O)Nc3cc(F)ccc3F)nc3ccccc3c2=O)cc1F. The zero-order valence-corrected chi connectivity index (χ0v) is 18.4. The summed E-state index contributed by atoms with van der Waals surface area (Å²) >= 11 is 0.943. The lowest BCUT2D eigenvalue weighted by atomic mass is 10.2. The Balaban J connectivity index is 1.74. The molecule has 4 rings (SSSR count). The number of nitrogens with zero attached hydrogens (tertiary/aromatic N) is 2. The molecule has 9 heteroatoms. The summed E-state index contributed by atoms with van der Waals surface area (Å²) in [5, 5.41) is 2.00. The van der Waals surface area contributed by atoms with Crippen LogP contribution >= 0.6 is 11.8 Å². The van der Waals surface area contributed by atoms with Gasteiger partial charge in [0.1, 0.15) is 17.5 Å². The van der Waals surface area contributed by atoms with Crippen LogP contribution in [0.4, 0.5) is 18.9 Å². The van der Waals surface area contributed by atoms with Gasteiger partial charge in [0.05, 0.1) is 27.5 Å². The zero-order chi connectivity index (χ0) is 23.7. The number of carbonyl (C=O) groups is 1. The number of hydrogen-bond acceptors (Lipinski definition) is 4. The number of halogens is 3. The van der Waals surface area contributed by atoms with Crippen molar-refractivity contribution in [2.75, 3.05) is 5.32 Å². The number of nitrogens with one attached hydrogen (secondary N) is 1. The maximum atomic E-state index is 14.3. The van der Waals surface area contributed by atoms with E-state index in [9.17, 15) is 22.8 Å². The highest BCUT2D eigenvalue weighted by atomic mass is 32.2. The number of carbonyl (C=O) groups excluding carboxylic acids is 1. The second kappa shape index (κ2) is 9.11. The van der Waals surface area contributed by atoms with Crippen molar-refractivity contribution in [2.45, 2.75) is 24.3 Å². The minimum atomic E-state index is -0.845. The molecule has 0 aliphatic rings. The number of aromatic nitrogens is 2. The molecule has 1 N–H and O–H groups in total. The Morgan fingerprint density at radius 2 is 1.79 bits per heavy atom. The zero-order valence-electron chi connectivity index (χ0n) is 17.6. The Labute approximate surface area is 191 Å². The third kappa shape index (κ3) is 4.63. The van der Waals surface area contributed by atoms with Crippen LogP contribution in [0.3, 0.4) is 0 Å². The van der Waals surface area contributed by atoms with E-state index >= 15 is 0 Å². The normalized spacial score (nSPS) is 12.0. The van der Waals surface area contributed by atoms with Crippen LogP contribution in [0.25, 0.3) is 16.6 Å². The van der Waals surface area contributed by atoms with Gasteiger partial charge < -0.3 is 5.32 Å². The smallest absolute Gasteiger partial charge is 0.266 e.